The van der Waals surface area contributed by atoms with Gasteiger partial charge in [-0.3, -0.25) is 4.79 Å². The van der Waals surface area contributed by atoms with E-state index >= 15 is 0 Å². The topological polar surface area (TPSA) is 49.8 Å². The first kappa shape index (κ1) is 13.9. The maximum absolute atomic E-state index is 12.2. The van der Waals surface area contributed by atoms with Gasteiger partial charge >= 0.3 is 0 Å². The van der Waals surface area contributed by atoms with E-state index < -0.39 is 6.10 Å². The van der Waals surface area contributed by atoms with Crippen molar-refractivity contribution in [2.24, 2.45) is 5.92 Å². The van der Waals surface area contributed by atoms with Gasteiger partial charge in [-0.15, -0.1) is 0 Å². The fourth-order valence-corrected chi connectivity index (χ4v) is 2.18. The Kier molecular flexibility index (Phi) is 4.10. The maximum Gasteiger partial charge on any atom is 0.252 e. The van der Waals surface area contributed by atoms with Crippen LogP contribution in [0.4, 0.5) is 0 Å². The number of amides is 1. The van der Waals surface area contributed by atoms with Crippen LogP contribution in [-0.2, 0) is 11.3 Å². The van der Waals surface area contributed by atoms with E-state index in [2.05, 4.69) is 0 Å². The molecule has 0 radical (unpaired) electrons. The van der Waals surface area contributed by atoms with Crippen molar-refractivity contribution in [1.82, 2.24) is 4.90 Å². The number of nitrogens with zero attached hydrogens (tertiary/aromatic N) is 1. The highest BCUT2D eigenvalue weighted by Gasteiger charge is 2.27. The Bertz CT molecular complexity index is 470. The average molecular weight is 263 g/mol. The highest BCUT2D eigenvalue weighted by atomic mass is 16.5. The maximum atomic E-state index is 12.2. The van der Waals surface area contributed by atoms with Gasteiger partial charge in [0.25, 0.3) is 5.91 Å². The largest absolute Gasteiger partial charge is 0.491 e. The lowest BCUT2D eigenvalue weighted by atomic mass is 10.1. The van der Waals surface area contributed by atoms with Gasteiger partial charge in [0, 0.05) is 12.1 Å². The molecule has 1 aliphatic heterocycles. The SMILES string of the molecule is Cc1ccc2c(c1)CN(C(=O)[C@@H](O)C(C)C)CCO2. The van der Waals surface area contributed by atoms with E-state index in [0.717, 1.165) is 16.9 Å². The van der Waals surface area contributed by atoms with Crippen molar-refractivity contribution in [3.63, 3.8) is 0 Å². The molecule has 1 aromatic carbocycles. The first-order chi connectivity index (χ1) is 8.99. The highest BCUT2D eigenvalue weighted by Crippen LogP contribution is 2.24. The van der Waals surface area contributed by atoms with Crippen molar-refractivity contribution in [3.8, 4) is 5.75 Å². The first-order valence-electron chi connectivity index (χ1n) is 6.68. The van der Waals surface area contributed by atoms with E-state index in [9.17, 15) is 9.90 Å². The molecule has 104 valence electrons. The van der Waals surface area contributed by atoms with Crippen LogP contribution in [-0.4, -0.2) is 35.2 Å². The zero-order chi connectivity index (χ0) is 14.0. The van der Waals surface area contributed by atoms with E-state index in [1.165, 1.54) is 0 Å². The molecule has 4 nitrogen and oxygen atoms in total. The third-order valence-electron chi connectivity index (χ3n) is 3.39. The van der Waals surface area contributed by atoms with Gasteiger partial charge in [0.2, 0.25) is 0 Å². The third-order valence-corrected chi connectivity index (χ3v) is 3.39. The molecule has 0 saturated carbocycles. The fourth-order valence-electron chi connectivity index (χ4n) is 2.18. The summed E-state index contributed by atoms with van der Waals surface area (Å²) in [5.41, 5.74) is 2.14. The third kappa shape index (κ3) is 3.07. The number of carbonyl (C=O) groups excluding carboxylic acids is 1. The Morgan fingerprint density at radius 1 is 1.42 bits per heavy atom. The van der Waals surface area contributed by atoms with Crippen molar-refractivity contribution in [1.29, 1.82) is 0 Å². The van der Waals surface area contributed by atoms with Crippen molar-refractivity contribution in [3.05, 3.63) is 29.3 Å². The van der Waals surface area contributed by atoms with Crippen LogP contribution in [0.15, 0.2) is 18.2 Å². The standard InChI is InChI=1S/C15H21NO3/c1-10(2)14(17)15(18)16-6-7-19-13-5-4-11(3)8-12(13)9-16/h4-5,8,10,14,17H,6-7,9H2,1-3H3/t14-/m0/s1. The summed E-state index contributed by atoms with van der Waals surface area (Å²) in [4.78, 5) is 13.9. The number of aliphatic hydroxyl groups is 1. The minimum atomic E-state index is -0.939. The minimum absolute atomic E-state index is 0.0753. The number of hydrogen-bond donors (Lipinski definition) is 1. The normalized spacial score (nSPS) is 16.6. The molecule has 0 fully saturated rings. The van der Waals surface area contributed by atoms with E-state index in [1.54, 1.807) is 4.90 Å². The Balaban J connectivity index is 2.19. The van der Waals surface area contributed by atoms with E-state index in [4.69, 9.17) is 4.74 Å². The molecule has 0 bridgehead atoms. The molecule has 0 unspecified atom stereocenters. The van der Waals surface area contributed by atoms with Gasteiger partial charge < -0.3 is 14.7 Å². The molecule has 4 heteroatoms. The second-order valence-corrected chi connectivity index (χ2v) is 5.41. The van der Waals surface area contributed by atoms with Crippen LogP contribution in [0.25, 0.3) is 0 Å². The number of aryl methyl sites for hydroxylation is 1. The van der Waals surface area contributed by atoms with Gasteiger partial charge in [0.15, 0.2) is 0 Å². The molecule has 0 saturated heterocycles. The molecule has 0 spiro atoms. The molecular formula is C15H21NO3. The Morgan fingerprint density at radius 3 is 2.84 bits per heavy atom. The first-order valence-corrected chi connectivity index (χ1v) is 6.68. The number of ether oxygens (including phenoxy) is 1. The van der Waals surface area contributed by atoms with Gasteiger partial charge in [-0.25, -0.2) is 0 Å². The lowest BCUT2D eigenvalue weighted by Crippen LogP contribution is -2.42. The Labute approximate surface area is 114 Å². The number of rotatable bonds is 2. The molecule has 1 heterocycles. The van der Waals surface area contributed by atoms with Crippen LogP contribution in [0.2, 0.25) is 0 Å². The summed E-state index contributed by atoms with van der Waals surface area (Å²) in [5, 5.41) is 9.91. The molecule has 1 N–H and O–H groups in total. The van der Waals surface area contributed by atoms with Gasteiger partial charge in [-0.05, 0) is 18.9 Å². The zero-order valence-corrected chi connectivity index (χ0v) is 11.7. The lowest BCUT2D eigenvalue weighted by Gasteiger charge is -2.24. The van der Waals surface area contributed by atoms with Crippen LogP contribution < -0.4 is 4.74 Å². The molecule has 0 aliphatic carbocycles. The second-order valence-electron chi connectivity index (χ2n) is 5.41. The minimum Gasteiger partial charge on any atom is -0.491 e. The van der Waals surface area contributed by atoms with Gasteiger partial charge in [-0.2, -0.15) is 0 Å². The zero-order valence-electron chi connectivity index (χ0n) is 11.7. The number of benzene rings is 1. The summed E-state index contributed by atoms with van der Waals surface area (Å²) in [7, 11) is 0. The fraction of sp³-hybridized carbons (Fsp3) is 0.533. The van der Waals surface area contributed by atoms with Crippen LogP contribution in [0.1, 0.15) is 25.0 Å². The van der Waals surface area contributed by atoms with Crippen LogP contribution >= 0.6 is 0 Å². The molecule has 0 aromatic heterocycles. The van der Waals surface area contributed by atoms with Crippen molar-refractivity contribution in [2.75, 3.05) is 13.2 Å². The van der Waals surface area contributed by atoms with Gasteiger partial charge in [0.05, 0.1) is 6.54 Å². The average Bonchev–Trinajstić information content (AvgIpc) is 2.58. The van der Waals surface area contributed by atoms with E-state index in [1.807, 2.05) is 39.0 Å². The lowest BCUT2D eigenvalue weighted by molar-refractivity contribution is -0.143. The smallest absolute Gasteiger partial charge is 0.252 e. The summed E-state index contributed by atoms with van der Waals surface area (Å²) in [6.45, 7) is 7.17. The van der Waals surface area contributed by atoms with Gasteiger partial charge in [-0.1, -0.05) is 31.5 Å². The van der Waals surface area contributed by atoms with Crippen molar-refractivity contribution >= 4 is 5.91 Å². The summed E-state index contributed by atoms with van der Waals surface area (Å²) >= 11 is 0. The summed E-state index contributed by atoms with van der Waals surface area (Å²) in [6.07, 6.45) is -0.939. The number of carbonyl (C=O) groups is 1. The van der Waals surface area contributed by atoms with Gasteiger partial charge in [0.1, 0.15) is 18.5 Å². The van der Waals surface area contributed by atoms with Crippen molar-refractivity contribution < 1.29 is 14.6 Å². The highest BCUT2D eigenvalue weighted by molar-refractivity contribution is 5.81. The molecule has 2 rings (SSSR count). The van der Waals surface area contributed by atoms with Crippen LogP contribution in [0.5, 0.6) is 5.75 Å². The monoisotopic (exact) mass is 263 g/mol. The second kappa shape index (κ2) is 5.61. The molecule has 1 aliphatic rings. The number of aliphatic hydroxyl groups excluding tert-OH is 1. The predicted molar refractivity (Wildman–Crippen MR) is 72.9 cm³/mol. The quantitative estimate of drug-likeness (QED) is 0.884. The predicted octanol–water partition coefficient (Wildman–Crippen LogP) is 1.73. The molecule has 1 atom stereocenters. The van der Waals surface area contributed by atoms with E-state index in [-0.39, 0.29) is 11.8 Å². The summed E-state index contributed by atoms with van der Waals surface area (Å²) in [6, 6.07) is 5.97. The summed E-state index contributed by atoms with van der Waals surface area (Å²) in [5.74, 6) is 0.543. The van der Waals surface area contributed by atoms with E-state index in [0.29, 0.717) is 19.7 Å². The molecule has 1 amide bonds. The van der Waals surface area contributed by atoms with Crippen LogP contribution in [0, 0.1) is 12.8 Å². The Morgan fingerprint density at radius 2 is 2.16 bits per heavy atom. The number of hydrogen-bond acceptors (Lipinski definition) is 3. The summed E-state index contributed by atoms with van der Waals surface area (Å²) < 4.78 is 5.65. The van der Waals surface area contributed by atoms with Crippen molar-refractivity contribution in [2.45, 2.75) is 33.4 Å². The molecule has 1 aromatic rings. The molecule has 19 heavy (non-hydrogen) atoms. The molecular weight excluding hydrogens is 242 g/mol. The van der Waals surface area contributed by atoms with Crippen LogP contribution in [0.3, 0.4) is 0 Å². The number of fused-ring (bicyclic) bond motifs is 1. The Hall–Kier alpha value is -1.55.